The Morgan fingerprint density at radius 2 is 1.88 bits per heavy atom. The van der Waals surface area contributed by atoms with Gasteiger partial charge in [0.05, 0.1) is 6.54 Å². The third-order valence-electron chi connectivity index (χ3n) is 3.42. The van der Waals surface area contributed by atoms with Crippen LogP contribution in [-0.2, 0) is 11.3 Å². The third kappa shape index (κ3) is 3.81. The van der Waals surface area contributed by atoms with Crippen LogP contribution >= 0.6 is 0 Å². The fourth-order valence-electron chi connectivity index (χ4n) is 2.21. The minimum absolute atomic E-state index is 0.165. The lowest BCUT2D eigenvalue weighted by atomic mass is 10.2. The van der Waals surface area contributed by atoms with E-state index >= 15 is 0 Å². The monoisotopic (exact) mass is 330 g/mol. The first-order chi connectivity index (χ1) is 11.6. The molecule has 2 N–H and O–H groups in total. The van der Waals surface area contributed by atoms with Crippen LogP contribution in [0.2, 0.25) is 0 Å². The number of hydrogen-bond acceptors (Lipinski definition) is 4. The van der Waals surface area contributed by atoms with E-state index in [2.05, 4.69) is 10.6 Å². The van der Waals surface area contributed by atoms with Crippen molar-refractivity contribution >= 4 is 11.8 Å². The molecular formula is C17H15FN2O4. The molecule has 2 aromatic rings. The van der Waals surface area contributed by atoms with Crippen LogP contribution in [-0.4, -0.2) is 25.2 Å². The molecule has 0 radical (unpaired) electrons. The van der Waals surface area contributed by atoms with Crippen molar-refractivity contribution in [2.75, 3.05) is 13.3 Å². The second-order valence-corrected chi connectivity index (χ2v) is 5.16. The van der Waals surface area contributed by atoms with Gasteiger partial charge in [-0.05, 0) is 35.9 Å². The predicted molar refractivity (Wildman–Crippen MR) is 83.1 cm³/mol. The zero-order valence-electron chi connectivity index (χ0n) is 12.7. The second kappa shape index (κ2) is 6.99. The van der Waals surface area contributed by atoms with Crippen LogP contribution in [0.3, 0.4) is 0 Å². The van der Waals surface area contributed by atoms with Crippen molar-refractivity contribution in [1.29, 1.82) is 0 Å². The molecule has 6 nitrogen and oxygen atoms in total. The molecule has 1 aliphatic rings. The van der Waals surface area contributed by atoms with Crippen LogP contribution in [0.25, 0.3) is 0 Å². The van der Waals surface area contributed by atoms with E-state index in [9.17, 15) is 14.0 Å². The van der Waals surface area contributed by atoms with E-state index in [-0.39, 0.29) is 24.8 Å². The van der Waals surface area contributed by atoms with E-state index in [4.69, 9.17) is 9.47 Å². The van der Waals surface area contributed by atoms with Gasteiger partial charge in [0, 0.05) is 12.1 Å². The Morgan fingerprint density at radius 1 is 1.04 bits per heavy atom. The summed E-state index contributed by atoms with van der Waals surface area (Å²) in [7, 11) is 0. The Balaban J connectivity index is 1.47. The number of amides is 2. The Hall–Kier alpha value is -3.09. The summed E-state index contributed by atoms with van der Waals surface area (Å²) < 4.78 is 23.5. The van der Waals surface area contributed by atoms with Gasteiger partial charge in [0.25, 0.3) is 5.91 Å². The van der Waals surface area contributed by atoms with Gasteiger partial charge in [-0.2, -0.15) is 0 Å². The van der Waals surface area contributed by atoms with Gasteiger partial charge >= 0.3 is 0 Å². The van der Waals surface area contributed by atoms with Crippen LogP contribution in [0.1, 0.15) is 15.9 Å². The first-order valence-corrected chi connectivity index (χ1v) is 7.31. The second-order valence-electron chi connectivity index (χ2n) is 5.16. The minimum atomic E-state index is -0.507. The lowest BCUT2D eigenvalue weighted by Gasteiger charge is -2.08. The molecule has 1 aliphatic heterocycles. The summed E-state index contributed by atoms with van der Waals surface area (Å²) >= 11 is 0. The van der Waals surface area contributed by atoms with E-state index < -0.39 is 11.7 Å². The SMILES string of the molecule is O=C(CNC(=O)c1cccc(F)c1)NCc1ccc2c(c1)OCO2. The molecule has 24 heavy (non-hydrogen) atoms. The van der Waals surface area contributed by atoms with Crippen molar-refractivity contribution in [3.8, 4) is 11.5 Å². The fraction of sp³-hybridized carbons (Fsp3) is 0.176. The highest BCUT2D eigenvalue weighted by molar-refractivity contribution is 5.96. The third-order valence-corrected chi connectivity index (χ3v) is 3.42. The molecule has 1 heterocycles. The molecule has 0 spiro atoms. The van der Waals surface area contributed by atoms with Crippen LogP contribution in [0.5, 0.6) is 11.5 Å². The number of carbonyl (C=O) groups excluding carboxylic acids is 2. The molecule has 0 saturated carbocycles. The maximum Gasteiger partial charge on any atom is 0.251 e. The first-order valence-electron chi connectivity index (χ1n) is 7.31. The first kappa shape index (κ1) is 15.8. The van der Waals surface area contributed by atoms with Crippen molar-refractivity contribution in [2.45, 2.75) is 6.54 Å². The average molecular weight is 330 g/mol. The fourth-order valence-corrected chi connectivity index (χ4v) is 2.21. The molecule has 0 bridgehead atoms. The Labute approximate surface area is 137 Å². The van der Waals surface area contributed by atoms with Crippen LogP contribution in [0.15, 0.2) is 42.5 Å². The molecule has 0 aromatic heterocycles. The summed E-state index contributed by atoms with van der Waals surface area (Å²) in [6.07, 6.45) is 0. The van der Waals surface area contributed by atoms with Gasteiger partial charge in [0.1, 0.15) is 5.82 Å². The molecular weight excluding hydrogens is 315 g/mol. The topological polar surface area (TPSA) is 76.7 Å². The lowest BCUT2D eigenvalue weighted by molar-refractivity contribution is -0.120. The maximum atomic E-state index is 13.1. The number of rotatable bonds is 5. The van der Waals surface area contributed by atoms with Crippen molar-refractivity contribution in [3.05, 3.63) is 59.4 Å². The number of fused-ring (bicyclic) bond motifs is 1. The quantitative estimate of drug-likeness (QED) is 0.873. The summed E-state index contributed by atoms with van der Waals surface area (Å²) in [4.78, 5) is 23.6. The van der Waals surface area contributed by atoms with E-state index in [1.807, 2.05) is 6.07 Å². The number of hydrogen-bond donors (Lipinski definition) is 2. The van der Waals surface area contributed by atoms with Crippen LogP contribution < -0.4 is 20.1 Å². The summed E-state index contributed by atoms with van der Waals surface area (Å²) in [6, 6.07) is 10.6. The summed E-state index contributed by atoms with van der Waals surface area (Å²) in [5, 5.41) is 5.13. The summed E-state index contributed by atoms with van der Waals surface area (Å²) in [5.41, 5.74) is 1.02. The molecule has 0 unspecified atom stereocenters. The molecule has 124 valence electrons. The minimum Gasteiger partial charge on any atom is -0.454 e. The van der Waals surface area contributed by atoms with E-state index in [1.54, 1.807) is 12.1 Å². The summed E-state index contributed by atoms with van der Waals surface area (Å²) in [6.45, 7) is 0.294. The van der Waals surface area contributed by atoms with Crippen molar-refractivity contribution in [1.82, 2.24) is 10.6 Å². The smallest absolute Gasteiger partial charge is 0.251 e. The number of carbonyl (C=O) groups is 2. The van der Waals surface area contributed by atoms with Crippen LogP contribution in [0.4, 0.5) is 4.39 Å². The highest BCUT2D eigenvalue weighted by Gasteiger charge is 2.13. The van der Waals surface area contributed by atoms with Crippen molar-refractivity contribution in [3.63, 3.8) is 0 Å². The van der Waals surface area contributed by atoms with Gasteiger partial charge < -0.3 is 20.1 Å². The molecule has 2 aromatic carbocycles. The molecule has 0 fully saturated rings. The maximum absolute atomic E-state index is 13.1. The van der Waals surface area contributed by atoms with E-state index in [1.165, 1.54) is 18.2 Å². The number of benzene rings is 2. The number of ether oxygens (including phenoxy) is 2. The standard InChI is InChI=1S/C17H15FN2O4/c18-13-3-1-2-12(7-13)17(22)20-9-16(21)19-8-11-4-5-14-15(6-11)24-10-23-14/h1-7H,8-10H2,(H,19,21)(H,20,22). The molecule has 0 atom stereocenters. The Morgan fingerprint density at radius 3 is 2.71 bits per heavy atom. The molecule has 2 amide bonds. The molecule has 0 saturated heterocycles. The predicted octanol–water partition coefficient (Wildman–Crippen LogP) is 1.60. The van der Waals surface area contributed by atoms with Gasteiger partial charge in [0.2, 0.25) is 12.7 Å². The van der Waals surface area contributed by atoms with Gasteiger partial charge in [-0.25, -0.2) is 4.39 Å². The molecule has 3 rings (SSSR count). The Kier molecular flexibility index (Phi) is 4.60. The lowest BCUT2D eigenvalue weighted by Crippen LogP contribution is -2.36. The highest BCUT2D eigenvalue weighted by Crippen LogP contribution is 2.32. The normalized spacial score (nSPS) is 11.9. The van der Waals surface area contributed by atoms with Crippen LogP contribution in [0, 0.1) is 5.82 Å². The largest absolute Gasteiger partial charge is 0.454 e. The van der Waals surface area contributed by atoms with Crippen molar-refractivity contribution in [2.24, 2.45) is 0 Å². The average Bonchev–Trinajstić information content (AvgIpc) is 3.05. The molecule has 0 aliphatic carbocycles. The highest BCUT2D eigenvalue weighted by atomic mass is 19.1. The zero-order chi connectivity index (χ0) is 16.9. The van der Waals surface area contributed by atoms with Gasteiger partial charge in [-0.15, -0.1) is 0 Å². The van der Waals surface area contributed by atoms with Gasteiger partial charge in [0.15, 0.2) is 11.5 Å². The summed E-state index contributed by atoms with van der Waals surface area (Å²) in [5.74, 6) is -0.0475. The number of nitrogens with one attached hydrogen (secondary N) is 2. The van der Waals surface area contributed by atoms with Gasteiger partial charge in [-0.3, -0.25) is 9.59 Å². The molecule has 7 heteroatoms. The van der Waals surface area contributed by atoms with E-state index in [0.29, 0.717) is 18.0 Å². The Bertz CT molecular complexity index is 779. The van der Waals surface area contributed by atoms with Gasteiger partial charge in [-0.1, -0.05) is 12.1 Å². The zero-order valence-corrected chi connectivity index (χ0v) is 12.7. The number of halogens is 1. The van der Waals surface area contributed by atoms with E-state index in [0.717, 1.165) is 11.6 Å². The van der Waals surface area contributed by atoms with Crippen molar-refractivity contribution < 1.29 is 23.5 Å².